The molecule has 1 aliphatic heterocycles. The second kappa shape index (κ2) is 5.44. The van der Waals surface area contributed by atoms with Crippen molar-refractivity contribution in [2.45, 2.75) is 18.6 Å². The maximum Gasteiger partial charge on any atom is 0.200 e. The van der Waals surface area contributed by atoms with Crippen molar-refractivity contribution in [2.75, 3.05) is 7.11 Å². The third kappa shape index (κ3) is 2.55. The molecule has 2 aromatic carbocycles. The summed E-state index contributed by atoms with van der Waals surface area (Å²) in [5.41, 5.74) is 0.902. The third-order valence-electron chi connectivity index (χ3n) is 3.81. The van der Waals surface area contributed by atoms with E-state index in [-0.39, 0.29) is 12.2 Å². The highest BCUT2D eigenvalue weighted by Crippen LogP contribution is 2.44. The lowest BCUT2D eigenvalue weighted by Gasteiger charge is -2.32. The quantitative estimate of drug-likeness (QED) is 0.533. The average molecular weight is 320 g/mol. The van der Waals surface area contributed by atoms with Gasteiger partial charge in [-0.15, -0.1) is 0 Å². The molecular formula is C16H16O7. The SMILES string of the molecule is COc1cc(O)cc2c1CC(O)C(c1cc(O)c(O)c(O)c1)O2. The fourth-order valence-electron chi connectivity index (χ4n) is 2.71. The first-order valence-electron chi connectivity index (χ1n) is 6.90. The van der Waals surface area contributed by atoms with Crippen LogP contribution in [-0.4, -0.2) is 38.7 Å². The van der Waals surface area contributed by atoms with Gasteiger partial charge < -0.3 is 35.0 Å². The van der Waals surface area contributed by atoms with Gasteiger partial charge in [0.15, 0.2) is 23.4 Å². The minimum absolute atomic E-state index is 0.0489. The molecule has 23 heavy (non-hydrogen) atoms. The number of aliphatic hydroxyl groups excluding tert-OH is 1. The number of phenolic OH excluding ortho intramolecular Hbond substituents is 4. The zero-order valence-corrected chi connectivity index (χ0v) is 12.2. The molecule has 1 aliphatic rings. The lowest BCUT2D eigenvalue weighted by Crippen LogP contribution is -2.30. The summed E-state index contributed by atoms with van der Waals surface area (Å²) in [6.45, 7) is 0. The highest BCUT2D eigenvalue weighted by Gasteiger charge is 2.33. The normalized spacial score (nSPS) is 19.7. The summed E-state index contributed by atoms with van der Waals surface area (Å²) in [4.78, 5) is 0. The molecule has 5 N–H and O–H groups in total. The molecule has 7 heteroatoms. The van der Waals surface area contributed by atoms with Gasteiger partial charge in [-0.2, -0.15) is 0 Å². The fraction of sp³-hybridized carbons (Fsp3) is 0.250. The molecule has 1 heterocycles. The van der Waals surface area contributed by atoms with Crippen LogP contribution in [0.3, 0.4) is 0 Å². The number of methoxy groups -OCH3 is 1. The van der Waals surface area contributed by atoms with Gasteiger partial charge in [0.05, 0.1) is 13.2 Å². The van der Waals surface area contributed by atoms with Crippen LogP contribution in [0.1, 0.15) is 17.2 Å². The molecule has 7 nitrogen and oxygen atoms in total. The summed E-state index contributed by atoms with van der Waals surface area (Å²) in [6, 6.07) is 5.23. The molecule has 122 valence electrons. The van der Waals surface area contributed by atoms with Crippen LogP contribution in [0.25, 0.3) is 0 Å². The number of hydrogen-bond donors (Lipinski definition) is 5. The van der Waals surface area contributed by atoms with E-state index in [9.17, 15) is 25.5 Å². The molecule has 2 aromatic rings. The molecule has 0 amide bonds. The van der Waals surface area contributed by atoms with Crippen LogP contribution < -0.4 is 9.47 Å². The van der Waals surface area contributed by atoms with Crippen molar-refractivity contribution in [1.82, 2.24) is 0 Å². The van der Waals surface area contributed by atoms with Crippen LogP contribution in [0.5, 0.6) is 34.5 Å². The molecule has 0 aliphatic carbocycles. The zero-order chi connectivity index (χ0) is 16.7. The zero-order valence-electron chi connectivity index (χ0n) is 12.2. The first-order chi connectivity index (χ1) is 10.9. The van der Waals surface area contributed by atoms with Gasteiger partial charge in [-0.05, 0) is 12.1 Å². The van der Waals surface area contributed by atoms with Gasteiger partial charge in [-0.25, -0.2) is 0 Å². The Balaban J connectivity index is 2.03. The van der Waals surface area contributed by atoms with Crippen molar-refractivity contribution in [3.05, 3.63) is 35.4 Å². The second-order valence-corrected chi connectivity index (χ2v) is 5.34. The van der Waals surface area contributed by atoms with Crippen molar-refractivity contribution in [3.63, 3.8) is 0 Å². The molecule has 0 saturated heterocycles. The number of phenols is 4. The average Bonchev–Trinajstić information content (AvgIpc) is 2.51. The lowest BCUT2D eigenvalue weighted by molar-refractivity contribution is 0.0195. The van der Waals surface area contributed by atoms with Gasteiger partial charge in [0.2, 0.25) is 0 Å². The van der Waals surface area contributed by atoms with Gasteiger partial charge in [-0.3, -0.25) is 0 Å². The van der Waals surface area contributed by atoms with Gasteiger partial charge >= 0.3 is 0 Å². The van der Waals surface area contributed by atoms with E-state index in [1.165, 1.54) is 31.4 Å². The molecule has 0 saturated carbocycles. The van der Waals surface area contributed by atoms with E-state index in [4.69, 9.17) is 9.47 Å². The Morgan fingerprint density at radius 3 is 2.30 bits per heavy atom. The van der Waals surface area contributed by atoms with Crippen molar-refractivity contribution >= 4 is 0 Å². The Bertz CT molecular complexity index is 733. The monoisotopic (exact) mass is 320 g/mol. The van der Waals surface area contributed by atoms with Crippen LogP contribution in [0.15, 0.2) is 24.3 Å². The number of rotatable bonds is 2. The lowest BCUT2D eigenvalue weighted by atomic mass is 9.93. The van der Waals surface area contributed by atoms with E-state index in [1.54, 1.807) is 0 Å². The Kier molecular flexibility index (Phi) is 3.57. The van der Waals surface area contributed by atoms with E-state index >= 15 is 0 Å². The van der Waals surface area contributed by atoms with E-state index in [0.29, 0.717) is 22.6 Å². The predicted molar refractivity (Wildman–Crippen MR) is 79.2 cm³/mol. The smallest absolute Gasteiger partial charge is 0.200 e. The first kappa shape index (κ1) is 15.1. The molecule has 0 bridgehead atoms. The van der Waals surface area contributed by atoms with Crippen molar-refractivity contribution in [2.24, 2.45) is 0 Å². The van der Waals surface area contributed by atoms with Crippen LogP contribution >= 0.6 is 0 Å². The topological polar surface area (TPSA) is 120 Å². The number of ether oxygens (including phenoxy) is 2. The minimum atomic E-state index is -0.968. The highest BCUT2D eigenvalue weighted by atomic mass is 16.5. The largest absolute Gasteiger partial charge is 0.508 e. The third-order valence-corrected chi connectivity index (χ3v) is 3.81. The summed E-state index contributed by atoms with van der Waals surface area (Å²) in [5, 5.41) is 48.7. The summed E-state index contributed by atoms with van der Waals surface area (Å²) < 4.78 is 10.9. The summed E-state index contributed by atoms with van der Waals surface area (Å²) >= 11 is 0. The van der Waals surface area contributed by atoms with Crippen molar-refractivity contribution < 1.29 is 35.0 Å². The molecule has 2 atom stereocenters. The van der Waals surface area contributed by atoms with Crippen molar-refractivity contribution in [3.8, 4) is 34.5 Å². The van der Waals surface area contributed by atoms with E-state index < -0.39 is 29.5 Å². The Labute approximate surface area is 131 Å². The fourth-order valence-corrected chi connectivity index (χ4v) is 2.71. The van der Waals surface area contributed by atoms with Crippen LogP contribution in [0.2, 0.25) is 0 Å². The summed E-state index contributed by atoms with van der Waals surface area (Å²) in [5.74, 6) is -0.991. The maximum absolute atomic E-state index is 10.3. The summed E-state index contributed by atoms with van der Waals surface area (Å²) in [6.07, 6.45) is -1.65. The maximum atomic E-state index is 10.3. The van der Waals surface area contributed by atoms with Gasteiger partial charge in [0.25, 0.3) is 0 Å². The predicted octanol–water partition coefficient (Wildman–Crippen LogP) is 1.55. The number of fused-ring (bicyclic) bond motifs is 1. The minimum Gasteiger partial charge on any atom is -0.508 e. The Hall–Kier alpha value is -2.80. The molecular weight excluding hydrogens is 304 g/mol. The first-order valence-corrected chi connectivity index (χ1v) is 6.90. The molecule has 0 aromatic heterocycles. The van der Waals surface area contributed by atoms with Gasteiger partial charge in [0, 0.05) is 29.7 Å². The Morgan fingerprint density at radius 1 is 1.04 bits per heavy atom. The van der Waals surface area contributed by atoms with Gasteiger partial charge in [0.1, 0.15) is 17.2 Å². The molecule has 0 radical (unpaired) electrons. The summed E-state index contributed by atoms with van der Waals surface area (Å²) in [7, 11) is 1.45. The van der Waals surface area contributed by atoms with Gasteiger partial charge in [-0.1, -0.05) is 0 Å². The van der Waals surface area contributed by atoms with E-state index in [1.807, 2.05) is 0 Å². The number of aliphatic hydroxyl groups is 1. The van der Waals surface area contributed by atoms with Crippen LogP contribution in [-0.2, 0) is 6.42 Å². The van der Waals surface area contributed by atoms with Crippen LogP contribution in [0, 0.1) is 0 Å². The molecule has 3 rings (SSSR count). The second-order valence-electron chi connectivity index (χ2n) is 5.34. The number of benzene rings is 2. The van der Waals surface area contributed by atoms with Crippen molar-refractivity contribution in [1.29, 1.82) is 0 Å². The van der Waals surface area contributed by atoms with E-state index in [2.05, 4.69) is 0 Å². The molecule has 0 fully saturated rings. The number of aromatic hydroxyl groups is 4. The Morgan fingerprint density at radius 2 is 1.70 bits per heavy atom. The molecule has 2 unspecified atom stereocenters. The van der Waals surface area contributed by atoms with Crippen LogP contribution in [0.4, 0.5) is 0 Å². The number of hydrogen-bond acceptors (Lipinski definition) is 7. The highest BCUT2D eigenvalue weighted by molar-refractivity contribution is 5.54. The van der Waals surface area contributed by atoms with E-state index in [0.717, 1.165) is 0 Å². The standard InChI is InChI=1S/C16H16O7/c1-22-13-4-8(17)5-14-9(13)6-12(20)16(23-14)7-2-10(18)15(21)11(19)3-7/h2-5,12,16-21H,6H2,1H3. The molecule has 0 spiro atoms.